The molecule has 3 rings (SSSR count). The van der Waals surface area contributed by atoms with Crippen molar-refractivity contribution in [1.29, 1.82) is 0 Å². The SMILES string of the molecule is Cc1cc(Cl)ccc1NC(=O)c1cc(N2CCOCC2)ccn1. The first-order valence-electron chi connectivity index (χ1n) is 7.50. The summed E-state index contributed by atoms with van der Waals surface area (Å²) in [5.41, 5.74) is 3.03. The Morgan fingerprint density at radius 3 is 2.78 bits per heavy atom. The van der Waals surface area contributed by atoms with Crippen molar-refractivity contribution >= 4 is 28.9 Å². The van der Waals surface area contributed by atoms with Crippen molar-refractivity contribution in [3.8, 4) is 0 Å². The molecule has 0 saturated carbocycles. The maximum atomic E-state index is 12.4. The van der Waals surface area contributed by atoms with Gasteiger partial charge in [-0.05, 0) is 42.8 Å². The summed E-state index contributed by atoms with van der Waals surface area (Å²) >= 11 is 5.94. The van der Waals surface area contributed by atoms with E-state index in [1.165, 1.54) is 0 Å². The fourth-order valence-corrected chi connectivity index (χ4v) is 2.74. The van der Waals surface area contributed by atoms with Gasteiger partial charge in [-0.3, -0.25) is 9.78 Å². The van der Waals surface area contributed by atoms with Crippen molar-refractivity contribution in [2.24, 2.45) is 0 Å². The molecule has 1 aromatic carbocycles. The number of nitrogens with one attached hydrogen (secondary N) is 1. The lowest BCUT2D eigenvalue weighted by atomic mass is 10.2. The molecule has 120 valence electrons. The van der Waals surface area contributed by atoms with Gasteiger partial charge >= 0.3 is 0 Å². The third-order valence-electron chi connectivity index (χ3n) is 3.79. The lowest BCUT2D eigenvalue weighted by Gasteiger charge is -2.28. The molecule has 2 heterocycles. The highest BCUT2D eigenvalue weighted by Crippen LogP contribution is 2.21. The van der Waals surface area contributed by atoms with Crippen molar-refractivity contribution < 1.29 is 9.53 Å². The van der Waals surface area contributed by atoms with Crippen molar-refractivity contribution in [1.82, 2.24) is 4.98 Å². The van der Waals surface area contributed by atoms with Crippen LogP contribution in [0.3, 0.4) is 0 Å². The van der Waals surface area contributed by atoms with E-state index in [1.54, 1.807) is 18.3 Å². The average Bonchev–Trinajstić information content (AvgIpc) is 2.58. The zero-order chi connectivity index (χ0) is 16.2. The van der Waals surface area contributed by atoms with Gasteiger partial charge in [-0.25, -0.2) is 0 Å². The molecule has 0 aliphatic carbocycles. The Hall–Kier alpha value is -2.11. The molecule has 0 bridgehead atoms. The predicted octanol–water partition coefficient (Wildman–Crippen LogP) is 3.13. The van der Waals surface area contributed by atoms with Gasteiger partial charge in [0.15, 0.2) is 0 Å². The van der Waals surface area contributed by atoms with E-state index in [2.05, 4.69) is 15.2 Å². The Bertz CT molecular complexity index is 715. The topological polar surface area (TPSA) is 54.5 Å². The fraction of sp³-hybridized carbons (Fsp3) is 0.294. The second kappa shape index (κ2) is 6.98. The van der Waals surface area contributed by atoms with Gasteiger partial charge < -0.3 is 15.0 Å². The molecule has 1 amide bonds. The molecule has 5 nitrogen and oxygen atoms in total. The van der Waals surface area contributed by atoms with Gasteiger partial charge in [-0.1, -0.05) is 11.6 Å². The molecule has 23 heavy (non-hydrogen) atoms. The molecule has 1 aliphatic heterocycles. The van der Waals surface area contributed by atoms with Crippen LogP contribution >= 0.6 is 11.6 Å². The smallest absolute Gasteiger partial charge is 0.274 e. The van der Waals surface area contributed by atoms with E-state index in [0.29, 0.717) is 23.9 Å². The molecule has 0 spiro atoms. The van der Waals surface area contributed by atoms with Gasteiger partial charge in [-0.2, -0.15) is 0 Å². The van der Waals surface area contributed by atoms with E-state index in [4.69, 9.17) is 16.3 Å². The number of morpholine rings is 1. The monoisotopic (exact) mass is 331 g/mol. The molecule has 1 saturated heterocycles. The summed E-state index contributed by atoms with van der Waals surface area (Å²) in [6.07, 6.45) is 1.66. The van der Waals surface area contributed by atoms with Crippen LogP contribution < -0.4 is 10.2 Å². The minimum Gasteiger partial charge on any atom is -0.378 e. The third kappa shape index (κ3) is 3.81. The number of carbonyl (C=O) groups is 1. The highest BCUT2D eigenvalue weighted by molar-refractivity contribution is 6.30. The number of aromatic nitrogens is 1. The Balaban J connectivity index is 1.76. The number of rotatable bonds is 3. The first-order valence-corrected chi connectivity index (χ1v) is 7.87. The molecule has 1 fully saturated rings. The molecule has 1 N–H and O–H groups in total. The van der Waals surface area contributed by atoms with Crippen molar-refractivity contribution in [2.45, 2.75) is 6.92 Å². The lowest BCUT2D eigenvalue weighted by Crippen LogP contribution is -2.36. The fourth-order valence-electron chi connectivity index (χ4n) is 2.52. The van der Waals surface area contributed by atoms with Crippen LogP contribution in [-0.4, -0.2) is 37.2 Å². The van der Waals surface area contributed by atoms with Crippen LogP contribution in [0.4, 0.5) is 11.4 Å². The van der Waals surface area contributed by atoms with Crippen molar-refractivity contribution in [2.75, 3.05) is 36.5 Å². The molecule has 0 radical (unpaired) electrons. The van der Waals surface area contributed by atoms with Crippen LogP contribution in [0, 0.1) is 6.92 Å². The molecule has 0 atom stereocenters. The molecular formula is C17H18ClN3O2. The summed E-state index contributed by atoms with van der Waals surface area (Å²) in [5.74, 6) is -0.231. The zero-order valence-corrected chi connectivity index (χ0v) is 13.6. The molecule has 1 aliphatic rings. The highest BCUT2D eigenvalue weighted by Gasteiger charge is 2.15. The Kier molecular flexibility index (Phi) is 4.79. The number of benzene rings is 1. The van der Waals surface area contributed by atoms with Gasteiger partial charge in [0.25, 0.3) is 5.91 Å². The molecule has 1 aromatic heterocycles. The molecule has 2 aromatic rings. The first-order chi connectivity index (χ1) is 11.1. The van der Waals surface area contributed by atoms with Gasteiger partial charge in [0.2, 0.25) is 0 Å². The molecule has 0 unspecified atom stereocenters. The summed E-state index contributed by atoms with van der Waals surface area (Å²) in [4.78, 5) is 18.8. The van der Waals surface area contributed by atoms with Crippen molar-refractivity contribution in [3.63, 3.8) is 0 Å². The van der Waals surface area contributed by atoms with Crippen LogP contribution in [-0.2, 0) is 4.74 Å². The number of ether oxygens (including phenoxy) is 1. The Labute approximate surface area is 140 Å². The van der Waals surface area contributed by atoms with E-state index in [0.717, 1.165) is 30.0 Å². The maximum absolute atomic E-state index is 12.4. The Morgan fingerprint density at radius 2 is 2.04 bits per heavy atom. The Morgan fingerprint density at radius 1 is 1.26 bits per heavy atom. The zero-order valence-electron chi connectivity index (χ0n) is 12.9. The second-order valence-electron chi connectivity index (χ2n) is 5.41. The van der Waals surface area contributed by atoms with Gasteiger partial charge in [0, 0.05) is 35.7 Å². The number of hydrogen-bond acceptors (Lipinski definition) is 4. The van der Waals surface area contributed by atoms with Crippen LogP contribution in [0.2, 0.25) is 5.02 Å². The third-order valence-corrected chi connectivity index (χ3v) is 4.02. The summed E-state index contributed by atoms with van der Waals surface area (Å²) < 4.78 is 5.35. The minimum atomic E-state index is -0.231. The summed E-state index contributed by atoms with van der Waals surface area (Å²) in [6, 6.07) is 9.08. The van der Waals surface area contributed by atoms with E-state index in [-0.39, 0.29) is 5.91 Å². The van der Waals surface area contributed by atoms with Gasteiger partial charge in [0.05, 0.1) is 13.2 Å². The highest BCUT2D eigenvalue weighted by atomic mass is 35.5. The summed E-state index contributed by atoms with van der Waals surface area (Å²) in [6.45, 7) is 4.95. The minimum absolute atomic E-state index is 0.231. The van der Waals surface area contributed by atoms with E-state index in [9.17, 15) is 4.79 Å². The van der Waals surface area contributed by atoms with Crippen LogP contribution in [0.1, 0.15) is 16.1 Å². The number of nitrogens with zero attached hydrogens (tertiary/aromatic N) is 2. The number of anilines is 2. The first kappa shape index (κ1) is 15.8. The second-order valence-corrected chi connectivity index (χ2v) is 5.85. The number of halogens is 1. The molecule has 6 heteroatoms. The lowest BCUT2D eigenvalue weighted by molar-refractivity contribution is 0.102. The van der Waals surface area contributed by atoms with Crippen molar-refractivity contribution in [3.05, 3.63) is 52.8 Å². The summed E-state index contributed by atoms with van der Waals surface area (Å²) in [7, 11) is 0. The van der Waals surface area contributed by atoms with E-state index >= 15 is 0 Å². The number of pyridine rings is 1. The van der Waals surface area contributed by atoms with Gasteiger partial charge in [0.1, 0.15) is 5.69 Å². The number of amides is 1. The van der Waals surface area contributed by atoms with Crippen LogP contribution in [0.25, 0.3) is 0 Å². The standard InChI is InChI=1S/C17H18ClN3O2/c1-12-10-13(18)2-3-15(12)20-17(22)16-11-14(4-5-19-16)21-6-8-23-9-7-21/h2-5,10-11H,6-9H2,1H3,(H,20,22). The predicted molar refractivity (Wildman–Crippen MR) is 91.4 cm³/mol. The van der Waals surface area contributed by atoms with E-state index in [1.807, 2.05) is 25.1 Å². The number of carbonyl (C=O) groups excluding carboxylic acids is 1. The largest absolute Gasteiger partial charge is 0.378 e. The van der Waals surface area contributed by atoms with Gasteiger partial charge in [-0.15, -0.1) is 0 Å². The van der Waals surface area contributed by atoms with Crippen LogP contribution in [0.15, 0.2) is 36.5 Å². The molecular weight excluding hydrogens is 314 g/mol. The summed E-state index contributed by atoms with van der Waals surface area (Å²) in [5, 5.41) is 3.53. The normalized spacial score (nSPS) is 14.6. The number of hydrogen-bond donors (Lipinski definition) is 1. The van der Waals surface area contributed by atoms with Crippen LogP contribution in [0.5, 0.6) is 0 Å². The van der Waals surface area contributed by atoms with E-state index < -0.39 is 0 Å². The average molecular weight is 332 g/mol. The number of aryl methyl sites for hydroxylation is 1. The quantitative estimate of drug-likeness (QED) is 0.938. The maximum Gasteiger partial charge on any atom is 0.274 e.